The van der Waals surface area contributed by atoms with Gasteiger partial charge >= 0.3 is 0 Å². The third-order valence-corrected chi connectivity index (χ3v) is 4.70. The molecule has 0 N–H and O–H groups in total. The van der Waals surface area contributed by atoms with Gasteiger partial charge in [-0.25, -0.2) is 0 Å². The second-order valence-electron chi connectivity index (χ2n) is 6.89. The molecule has 0 unspecified atom stereocenters. The predicted octanol–water partition coefficient (Wildman–Crippen LogP) is 5.66. The summed E-state index contributed by atoms with van der Waals surface area (Å²) in [5.41, 5.74) is 0.494. The number of unbranched alkanes of at least 4 members (excludes halogenated alkanes) is 10. The molecular formula is C21H31NO3. The maximum atomic E-state index is 12.2. The first-order valence-electron chi connectivity index (χ1n) is 9.87. The third-order valence-electron chi connectivity index (χ3n) is 4.70. The molecule has 2 aliphatic rings. The van der Waals surface area contributed by atoms with Crippen LogP contribution in [0.5, 0.6) is 5.75 Å². The average Bonchev–Trinajstić information content (AvgIpc) is 2.88. The zero-order chi connectivity index (χ0) is 17.9. The Kier molecular flexibility index (Phi) is 8.50. The Labute approximate surface area is 151 Å². The molecule has 2 aliphatic heterocycles. The van der Waals surface area contributed by atoms with E-state index in [1.54, 1.807) is 24.3 Å². The fraction of sp³-hybridized carbons (Fsp3) is 0.619. The molecule has 4 nitrogen and oxygen atoms in total. The summed E-state index contributed by atoms with van der Waals surface area (Å²) >= 11 is 0. The number of rotatable bonds is 12. The lowest BCUT2D eigenvalue weighted by molar-refractivity contribution is -0.148. The lowest BCUT2D eigenvalue weighted by Gasteiger charge is -2.17. The predicted molar refractivity (Wildman–Crippen MR) is 99.3 cm³/mol. The minimum Gasteiger partial charge on any atom is -0.369 e. The lowest BCUT2D eigenvalue weighted by Crippen LogP contribution is -2.38. The normalized spacial score (nSPS) is 13.0. The van der Waals surface area contributed by atoms with Gasteiger partial charge in [-0.15, -0.1) is 5.06 Å². The Hall–Kier alpha value is -1.84. The van der Waals surface area contributed by atoms with E-state index in [0.717, 1.165) is 24.3 Å². The van der Waals surface area contributed by atoms with Gasteiger partial charge in [-0.05, 0) is 30.7 Å². The highest BCUT2D eigenvalue weighted by Crippen LogP contribution is 2.21. The van der Waals surface area contributed by atoms with Gasteiger partial charge in [-0.3, -0.25) is 9.59 Å². The molecule has 25 heavy (non-hydrogen) atoms. The first kappa shape index (κ1) is 19.5. The topological polar surface area (TPSA) is 46.6 Å². The summed E-state index contributed by atoms with van der Waals surface area (Å²) in [6, 6.07) is 6.80. The zero-order valence-corrected chi connectivity index (χ0v) is 15.5. The molecule has 4 heteroatoms. The van der Waals surface area contributed by atoms with Crippen molar-refractivity contribution in [2.75, 3.05) is 0 Å². The smallest absolute Gasteiger partial charge is 0.294 e. The van der Waals surface area contributed by atoms with E-state index in [4.69, 9.17) is 4.84 Å². The fourth-order valence-electron chi connectivity index (χ4n) is 3.13. The number of imide groups is 1. The summed E-state index contributed by atoms with van der Waals surface area (Å²) in [6.07, 6.45) is 14.0. The van der Waals surface area contributed by atoms with Crippen LogP contribution in [0.2, 0.25) is 0 Å². The molecule has 0 saturated carbocycles. The Morgan fingerprint density at radius 3 is 1.92 bits per heavy atom. The summed E-state index contributed by atoms with van der Waals surface area (Å²) < 4.78 is 0. The Balaban J connectivity index is 1.52. The van der Waals surface area contributed by atoms with Gasteiger partial charge in [0.15, 0.2) is 5.75 Å². The number of carbonyl (C=O) groups is 2. The summed E-state index contributed by atoms with van der Waals surface area (Å²) in [5, 5.41) is 0.918. The molecule has 1 aromatic carbocycles. The summed E-state index contributed by atoms with van der Waals surface area (Å²) in [7, 11) is 0. The van der Waals surface area contributed by atoms with Gasteiger partial charge in [0.25, 0.3) is 11.8 Å². The van der Waals surface area contributed by atoms with Crippen molar-refractivity contribution < 1.29 is 14.4 Å². The minimum absolute atomic E-state index is 0.247. The Bertz CT molecular complexity index is 539. The number of nitrogens with zero attached hydrogens (tertiary/aromatic N) is 1. The molecule has 138 valence electrons. The van der Waals surface area contributed by atoms with Gasteiger partial charge in [-0.1, -0.05) is 71.1 Å². The second kappa shape index (κ2) is 10.9. The molecular weight excluding hydrogens is 314 g/mol. The zero-order valence-electron chi connectivity index (χ0n) is 15.5. The molecule has 3 rings (SSSR count). The van der Waals surface area contributed by atoms with E-state index >= 15 is 0 Å². The fourth-order valence-corrected chi connectivity index (χ4v) is 3.13. The SMILES string of the molecule is CCCCCCCCCCCCCC(=O)N1Oc2ccc(cc2)C1=O. The number of fused-ring (bicyclic) bond motifs is 4. The molecule has 0 saturated heterocycles. The molecule has 0 aromatic heterocycles. The number of hydroxylamine groups is 2. The van der Waals surface area contributed by atoms with Gasteiger partial charge in [0.2, 0.25) is 0 Å². The highest BCUT2D eigenvalue weighted by atomic mass is 16.7. The molecule has 2 bridgehead atoms. The van der Waals surface area contributed by atoms with Crippen molar-refractivity contribution in [2.45, 2.75) is 84.0 Å². The Morgan fingerprint density at radius 1 is 0.840 bits per heavy atom. The van der Waals surface area contributed by atoms with Gasteiger partial charge in [0.1, 0.15) is 0 Å². The summed E-state index contributed by atoms with van der Waals surface area (Å²) in [4.78, 5) is 29.8. The molecule has 1 aromatic rings. The number of amides is 2. The van der Waals surface area contributed by atoms with Gasteiger partial charge in [0.05, 0.1) is 0 Å². The van der Waals surface area contributed by atoms with Crippen LogP contribution in [0.4, 0.5) is 0 Å². The van der Waals surface area contributed by atoms with E-state index in [2.05, 4.69) is 6.92 Å². The monoisotopic (exact) mass is 345 g/mol. The lowest BCUT2D eigenvalue weighted by atomic mass is 10.1. The van der Waals surface area contributed by atoms with Crippen molar-refractivity contribution in [3.8, 4) is 5.75 Å². The van der Waals surface area contributed by atoms with Crippen molar-refractivity contribution in [3.05, 3.63) is 29.8 Å². The van der Waals surface area contributed by atoms with Crippen LogP contribution >= 0.6 is 0 Å². The number of hydrogen-bond donors (Lipinski definition) is 0. The van der Waals surface area contributed by atoms with Gasteiger partial charge < -0.3 is 4.84 Å². The van der Waals surface area contributed by atoms with E-state index in [1.165, 1.54) is 51.4 Å². The van der Waals surface area contributed by atoms with Crippen LogP contribution in [-0.2, 0) is 4.79 Å². The first-order chi connectivity index (χ1) is 12.2. The maximum Gasteiger partial charge on any atom is 0.294 e. The third kappa shape index (κ3) is 6.52. The van der Waals surface area contributed by atoms with E-state index < -0.39 is 0 Å². The van der Waals surface area contributed by atoms with Crippen LogP contribution in [0.25, 0.3) is 0 Å². The highest BCUT2D eigenvalue weighted by molar-refractivity contribution is 6.04. The van der Waals surface area contributed by atoms with E-state index in [1.807, 2.05) is 0 Å². The molecule has 0 fully saturated rings. The standard InChI is InChI=1S/C21H31NO3/c1-2-3-4-5-6-7-8-9-10-11-12-13-20(23)22-21(24)18-14-16-19(25-22)17-15-18/h14-17H,2-13H2,1H3. The number of benzene rings is 1. The molecule has 0 atom stereocenters. The largest absolute Gasteiger partial charge is 0.369 e. The maximum absolute atomic E-state index is 12.2. The van der Waals surface area contributed by atoms with E-state index in [9.17, 15) is 9.59 Å². The van der Waals surface area contributed by atoms with Gasteiger partial charge in [0, 0.05) is 12.0 Å². The number of carbonyl (C=O) groups excluding carboxylic acids is 2. The van der Waals surface area contributed by atoms with E-state index in [0.29, 0.717) is 17.7 Å². The van der Waals surface area contributed by atoms with Crippen molar-refractivity contribution in [1.82, 2.24) is 5.06 Å². The van der Waals surface area contributed by atoms with Crippen molar-refractivity contribution in [3.63, 3.8) is 0 Å². The average molecular weight is 345 g/mol. The van der Waals surface area contributed by atoms with Crippen molar-refractivity contribution >= 4 is 11.8 Å². The van der Waals surface area contributed by atoms with Crippen molar-refractivity contribution in [1.29, 1.82) is 0 Å². The molecule has 2 amide bonds. The highest BCUT2D eigenvalue weighted by Gasteiger charge is 2.27. The first-order valence-corrected chi connectivity index (χ1v) is 9.87. The quantitative estimate of drug-likeness (QED) is 0.459. The van der Waals surface area contributed by atoms with Crippen LogP contribution in [-0.4, -0.2) is 16.9 Å². The van der Waals surface area contributed by atoms with E-state index in [-0.39, 0.29) is 11.8 Å². The molecule has 0 spiro atoms. The van der Waals surface area contributed by atoms with Gasteiger partial charge in [-0.2, -0.15) is 0 Å². The molecule has 0 radical (unpaired) electrons. The van der Waals surface area contributed by atoms with Crippen LogP contribution in [0.15, 0.2) is 24.3 Å². The molecule has 2 heterocycles. The minimum atomic E-state index is -0.368. The summed E-state index contributed by atoms with van der Waals surface area (Å²) in [6.45, 7) is 2.25. The Morgan fingerprint density at radius 2 is 1.36 bits per heavy atom. The van der Waals surface area contributed by atoms with Crippen molar-refractivity contribution in [2.24, 2.45) is 0 Å². The van der Waals surface area contributed by atoms with Crippen LogP contribution in [0.1, 0.15) is 94.3 Å². The van der Waals surface area contributed by atoms with Crippen LogP contribution in [0.3, 0.4) is 0 Å². The second-order valence-corrected chi connectivity index (χ2v) is 6.89. The molecule has 0 aliphatic carbocycles. The van der Waals surface area contributed by atoms with Crippen LogP contribution in [0, 0.1) is 0 Å². The number of hydrogen-bond acceptors (Lipinski definition) is 3. The van der Waals surface area contributed by atoms with Crippen LogP contribution < -0.4 is 4.84 Å². The summed E-state index contributed by atoms with van der Waals surface area (Å²) in [5.74, 6) is -0.0849.